The van der Waals surface area contributed by atoms with Crippen LogP contribution in [0, 0.1) is 0 Å². The van der Waals surface area contributed by atoms with Crippen LogP contribution in [0.3, 0.4) is 0 Å². The zero-order chi connectivity index (χ0) is 11.4. The van der Waals surface area contributed by atoms with Gasteiger partial charge in [0, 0.05) is 23.7 Å². The van der Waals surface area contributed by atoms with Crippen molar-refractivity contribution in [2.75, 3.05) is 6.54 Å². The molecule has 0 bridgehead atoms. The maximum atomic E-state index is 9.63. The van der Waals surface area contributed by atoms with Crippen LogP contribution in [0.25, 0.3) is 0 Å². The van der Waals surface area contributed by atoms with Crippen molar-refractivity contribution in [2.24, 2.45) is 0 Å². The molecular weight excluding hydrogens is 233 g/mol. The number of hydrogen-bond donors (Lipinski definition) is 2. The van der Waals surface area contributed by atoms with Gasteiger partial charge in [-0.15, -0.1) is 0 Å². The molecule has 1 aromatic rings. The number of nitrogens with one attached hydrogen (secondary N) is 1. The first-order chi connectivity index (χ1) is 7.00. The maximum Gasteiger partial charge on any atom is 0.138 e. The second-order valence-electron chi connectivity index (χ2n) is 3.46. The minimum atomic E-state index is 0.0790. The molecule has 4 heteroatoms. The molecule has 82 valence electrons. The van der Waals surface area contributed by atoms with Crippen molar-refractivity contribution < 1.29 is 5.11 Å². The molecule has 2 N–H and O–H groups in total. The van der Waals surface area contributed by atoms with Gasteiger partial charge in [0.1, 0.15) is 5.75 Å². The lowest BCUT2D eigenvalue weighted by Gasteiger charge is -2.08. The summed E-state index contributed by atoms with van der Waals surface area (Å²) in [5.41, 5.74) is 1.72. The van der Waals surface area contributed by atoms with E-state index in [-0.39, 0.29) is 10.8 Å². The van der Waals surface area contributed by atoms with Crippen LogP contribution in [0.5, 0.6) is 5.75 Å². The lowest BCUT2D eigenvalue weighted by molar-refractivity contribution is 0.465. The van der Waals surface area contributed by atoms with Crippen molar-refractivity contribution >= 4 is 23.2 Å². The number of rotatable bonds is 4. The Labute approximate surface area is 99.5 Å². The van der Waals surface area contributed by atoms with Gasteiger partial charge in [-0.3, -0.25) is 0 Å². The summed E-state index contributed by atoms with van der Waals surface area (Å²) in [5, 5.41) is 13.5. The van der Waals surface area contributed by atoms with Gasteiger partial charge in [-0.2, -0.15) is 0 Å². The SMILES string of the molecule is C=C(C)CNCc1cc(Cl)cc(Cl)c1O. The standard InChI is InChI=1S/C11H13Cl2NO/c1-7(2)5-14-6-8-3-9(12)4-10(13)11(8)15/h3-4,14-15H,1,5-6H2,2H3. The Morgan fingerprint density at radius 3 is 2.73 bits per heavy atom. The van der Waals surface area contributed by atoms with E-state index in [2.05, 4.69) is 11.9 Å². The lowest BCUT2D eigenvalue weighted by atomic mass is 10.2. The highest BCUT2D eigenvalue weighted by Gasteiger charge is 2.07. The largest absolute Gasteiger partial charge is 0.506 e. The first-order valence-electron chi connectivity index (χ1n) is 4.52. The highest BCUT2D eigenvalue weighted by molar-refractivity contribution is 6.35. The fourth-order valence-corrected chi connectivity index (χ4v) is 1.70. The molecule has 0 aliphatic rings. The maximum absolute atomic E-state index is 9.63. The molecular formula is C11H13Cl2NO. The van der Waals surface area contributed by atoms with Gasteiger partial charge < -0.3 is 10.4 Å². The number of halogens is 2. The molecule has 1 rings (SSSR count). The Morgan fingerprint density at radius 2 is 2.13 bits per heavy atom. The summed E-state index contributed by atoms with van der Waals surface area (Å²) in [7, 11) is 0. The van der Waals surface area contributed by atoms with Crippen LogP contribution in [0.15, 0.2) is 24.3 Å². The van der Waals surface area contributed by atoms with Crippen LogP contribution in [-0.2, 0) is 6.54 Å². The van der Waals surface area contributed by atoms with E-state index < -0.39 is 0 Å². The van der Waals surface area contributed by atoms with Gasteiger partial charge in [0.05, 0.1) is 5.02 Å². The number of benzene rings is 1. The molecule has 0 radical (unpaired) electrons. The van der Waals surface area contributed by atoms with Gasteiger partial charge in [0.15, 0.2) is 0 Å². The molecule has 2 nitrogen and oxygen atoms in total. The van der Waals surface area contributed by atoms with Crippen molar-refractivity contribution in [3.05, 3.63) is 39.9 Å². The van der Waals surface area contributed by atoms with E-state index in [4.69, 9.17) is 23.2 Å². The molecule has 0 aromatic heterocycles. The van der Waals surface area contributed by atoms with E-state index >= 15 is 0 Å². The Bertz CT molecular complexity index is 377. The second-order valence-corrected chi connectivity index (χ2v) is 4.30. The molecule has 0 saturated carbocycles. The zero-order valence-corrected chi connectivity index (χ0v) is 9.99. The molecule has 15 heavy (non-hydrogen) atoms. The zero-order valence-electron chi connectivity index (χ0n) is 8.48. The van der Waals surface area contributed by atoms with Crippen LogP contribution in [0.4, 0.5) is 0 Å². The van der Waals surface area contributed by atoms with E-state index in [0.717, 1.165) is 5.57 Å². The molecule has 0 saturated heterocycles. The first kappa shape index (κ1) is 12.4. The Kier molecular flexibility index (Phi) is 4.45. The average molecular weight is 246 g/mol. The van der Waals surface area contributed by atoms with E-state index in [0.29, 0.717) is 23.7 Å². The van der Waals surface area contributed by atoms with Crippen molar-refractivity contribution in [3.8, 4) is 5.75 Å². The molecule has 0 aliphatic heterocycles. The molecule has 0 spiro atoms. The minimum absolute atomic E-state index is 0.0790. The van der Waals surface area contributed by atoms with E-state index in [9.17, 15) is 5.11 Å². The van der Waals surface area contributed by atoms with Gasteiger partial charge in [0.2, 0.25) is 0 Å². The van der Waals surface area contributed by atoms with Gasteiger partial charge in [-0.25, -0.2) is 0 Å². The summed E-state index contributed by atoms with van der Waals surface area (Å²) >= 11 is 11.6. The van der Waals surface area contributed by atoms with Gasteiger partial charge in [0.25, 0.3) is 0 Å². The van der Waals surface area contributed by atoms with Crippen LogP contribution < -0.4 is 5.32 Å². The smallest absolute Gasteiger partial charge is 0.138 e. The summed E-state index contributed by atoms with van der Waals surface area (Å²) in [4.78, 5) is 0. The first-order valence-corrected chi connectivity index (χ1v) is 5.28. The predicted molar refractivity (Wildman–Crippen MR) is 64.6 cm³/mol. The number of phenolic OH excluding ortho intramolecular Hbond substituents is 1. The fraction of sp³-hybridized carbons (Fsp3) is 0.273. The summed E-state index contributed by atoms with van der Waals surface area (Å²) in [5.74, 6) is 0.0790. The Hall–Kier alpha value is -0.700. The Morgan fingerprint density at radius 1 is 1.47 bits per heavy atom. The molecule has 0 heterocycles. The third kappa shape index (κ3) is 3.74. The highest BCUT2D eigenvalue weighted by Crippen LogP contribution is 2.30. The van der Waals surface area contributed by atoms with Crippen LogP contribution in [-0.4, -0.2) is 11.7 Å². The van der Waals surface area contributed by atoms with Crippen LogP contribution in [0.1, 0.15) is 12.5 Å². The van der Waals surface area contributed by atoms with Crippen molar-refractivity contribution in [1.29, 1.82) is 0 Å². The topological polar surface area (TPSA) is 32.3 Å². The summed E-state index contributed by atoms with van der Waals surface area (Å²) < 4.78 is 0. The molecule has 0 amide bonds. The number of hydrogen-bond acceptors (Lipinski definition) is 2. The van der Waals surface area contributed by atoms with E-state index in [1.807, 2.05) is 6.92 Å². The monoisotopic (exact) mass is 245 g/mol. The van der Waals surface area contributed by atoms with Crippen molar-refractivity contribution in [3.63, 3.8) is 0 Å². The molecule has 0 atom stereocenters. The molecule has 0 fully saturated rings. The van der Waals surface area contributed by atoms with Gasteiger partial charge >= 0.3 is 0 Å². The van der Waals surface area contributed by atoms with E-state index in [1.54, 1.807) is 6.07 Å². The Balaban J connectivity index is 2.72. The molecule has 0 unspecified atom stereocenters. The van der Waals surface area contributed by atoms with E-state index in [1.165, 1.54) is 6.07 Å². The molecule has 0 aliphatic carbocycles. The number of aromatic hydroxyl groups is 1. The summed E-state index contributed by atoms with van der Waals surface area (Å²) in [6.45, 7) is 6.91. The van der Waals surface area contributed by atoms with Gasteiger partial charge in [-0.05, 0) is 19.1 Å². The third-order valence-electron chi connectivity index (χ3n) is 1.85. The predicted octanol–water partition coefficient (Wildman–Crippen LogP) is 3.36. The summed E-state index contributed by atoms with van der Waals surface area (Å²) in [6, 6.07) is 3.20. The van der Waals surface area contributed by atoms with Crippen molar-refractivity contribution in [1.82, 2.24) is 5.32 Å². The quantitative estimate of drug-likeness (QED) is 0.798. The third-order valence-corrected chi connectivity index (χ3v) is 2.36. The minimum Gasteiger partial charge on any atom is -0.506 e. The van der Waals surface area contributed by atoms with Gasteiger partial charge in [-0.1, -0.05) is 35.4 Å². The highest BCUT2D eigenvalue weighted by atomic mass is 35.5. The number of phenols is 1. The second kappa shape index (κ2) is 5.40. The normalized spacial score (nSPS) is 10.3. The lowest BCUT2D eigenvalue weighted by Crippen LogP contribution is -2.15. The molecule has 1 aromatic carbocycles. The fourth-order valence-electron chi connectivity index (χ4n) is 1.16. The average Bonchev–Trinajstić information content (AvgIpc) is 2.12. The van der Waals surface area contributed by atoms with Crippen molar-refractivity contribution in [2.45, 2.75) is 13.5 Å². The van der Waals surface area contributed by atoms with Crippen LogP contribution in [0.2, 0.25) is 10.0 Å². The summed E-state index contributed by atoms with van der Waals surface area (Å²) in [6.07, 6.45) is 0. The van der Waals surface area contributed by atoms with Crippen LogP contribution >= 0.6 is 23.2 Å².